The minimum Gasteiger partial charge on any atom is -0.326 e. The highest BCUT2D eigenvalue weighted by Gasteiger charge is 2.47. The highest BCUT2D eigenvalue weighted by molar-refractivity contribution is 6.30. The van der Waals surface area contributed by atoms with E-state index in [0.29, 0.717) is 16.4 Å². The van der Waals surface area contributed by atoms with E-state index in [-0.39, 0.29) is 11.8 Å². The van der Waals surface area contributed by atoms with E-state index in [0.717, 1.165) is 36.9 Å². The summed E-state index contributed by atoms with van der Waals surface area (Å²) in [6.07, 6.45) is 8.73. The van der Waals surface area contributed by atoms with E-state index in [9.17, 15) is 4.79 Å². The lowest BCUT2D eigenvalue weighted by molar-refractivity contribution is -0.122. The van der Waals surface area contributed by atoms with Crippen molar-refractivity contribution in [2.24, 2.45) is 11.3 Å². The quantitative estimate of drug-likeness (QED) is 0.503. The molecule has 0 saturated heterocycles. The average Bonchev–Trinajstić information content (AvgIpc) is 2.73. The summed E-state index contributed by atoms with van der Waals surface area (Å²) in [6.45, 7) is 2.15. The maximum Gasteiger partial charge on any atom is 0.227 e. The average molecular weight is 419 g/mol. The maximum absolute atomic E-state index is 12.7. The van der Waals surface area contributed by atoms with Gasteiger partial charge >= 0.3 is 0 Å². The zero-order chi connectivity index (χ0) is 20.7. The van der Waals surface area contributed by atoms with E-state index in [4.69, 9.17) is 11.6 Å². The van der Waals surface area contributed by atoms with Gasteiger partial charge in [0.25, 0.3) is 0 Å². The third-order valence-electron chi connectivity index (χ3n) is 7.26. The molecule has 5 rings (SSSR count). The first-order valence-electron chi connectivity index (χ1n) is 10.9. The van der Waals surface area contributed by atoms with Crippen molar-refractivity contribution in [3.05, 3.63) is 70.9 Å². The van der Waals surface area contributed by atoms with Gasteiger partial charge in [-0.1, -0.05) is 23.2 Å². The Morgan fingerprint density at radius 3 is 2.53 bits per heavy atom. The van der Waals surface area contributed by atoms with Gasteiger partial charge in [-0.25, -0.2) is 0 Å². The molecule has 2 aliphatic rings. The lowest BCUT2D eigenvalue weighted by Gasteiger charge is -2.52. The number of rotatable bonds is 3. The van der Waals surface area contributed by atoms with Crippen molar-refractivity contribution in [3.63, 3.8) is 0 Å². The smallest absolute Gasteiger partial charge is 0.227 e. The zero-order valence-electron chi connectivity index (χ0n) is 17.3. The molecule has 1 amide bonds. The molecule has 1 N–H and O–H groups in total. The first-order valence-corrected chi connectivity index (χ1v) is 11.3. The third kappa shape index (κ3) is 3.72. The number of aromatic nitrogens is 1. The number of carbonyl (C=O) groups excluding carboxylic acids is 1. The topological polar surface area (TPSA) is 42.0 Å². The van der Waals surface area contributed by atoms with E-state index in [1.54, 1.807) is 0 Å². The number of fused-ring (bicyclic) bond motifs is 1. The van der Waals surface area contributed by atoms with Crippen LogP contribution >= 0.6 is 11.6 Å². The summed E-state index contributed by atoms with van der Waals surface area (Å²) >= 11 is 5.93. The van der Waals surface area contributed by atoms with Crippen LogP contribution in [0, 0.1) is 18.3 Å². The summed E-state index contributed by atoms with van der Waals surface area (Å²) < 4.78 is 0. The lowest BCUT2D eigenvalue weighted by Crippen LogP contribution is -2.41. The molecule has 3 nitrogen and oxygen atoms in total. The molecule has 0 aliphatic heterocycles. The number of aryl methyl sites for hydroxylation is 1. The molecule has 2 aliphatic carbocycles. The SMILES string of the molecule is Cc1ccc2nccc(C3CC4(CCC(C(=O)Nc5ccc(Cl)cc5)CC4)C3)c2c1. The Labute approximate surface area is 182 Å². The summed E-state index contributed by atoms with van der Waals surface area (Å²) in [4.78, 5) is 17.2. The van der Waals surface area contributed by atoms with Crippen molar-refractivity contribution < 1.29 is 4.79 Å². The highest BCUT2D eigenvalue weighted by Crippen LogP contribution is 2.59. The second-order valence-corrected chi connectivity index (χ2v) is 9.73. The molecule has 4 heteroatoms. The fourth-order valence-corrected chi connectivity index (χ4v) is 5.65. The number of carbonyl (C=O) groups is 1. The van der Waals surface area contributed by atoms with E-state index >= 15 is 0 Å². The van der Waals surface area contributed by atoms with Crippen LogP contribution in [0.3, 0.4) is 0 Å². The second-order valence-electron chi connectivity index (χ2n) is 9.30. The molecular weight excluding hydrogens is 392 g/mol. The molecule has 154 valence electrons. The predicted octanol–water partition coefficient (Wildman–Crippen LogP) is 6.89. The van der Waals surface area contributed by atoms with Crippen molar-refractivity contribution >= 4 is 34.1 Å². The fourth-order valence-electron chi connectivity index (χ4n) is 5.52. The molecule has 30 heavy (non-hydrogen) atoms. The van der Waals surface area contributed by atoms with Gasteiger partial charge in [0.05, 0.1) is 5.52 Å². The number of halogens is 1. The largest absolute Gasteiger partial charge is 0.326 e. The summed E-state index contributed by atoms with van der Waals surface area (Å²) in [6, 6.07) is 16.1. The number of amides is 1. The Balaban J connectivity index is 1.21. The van der Waals surface area contributed by atoms with Gasteiger partial charge in [-0.3, -0.25) is 9.78 Å². The minimum atomic E-state index is 0.120. The number of nitrogens with zero attached hydrogens (tertiary/aromatic N) is 1. The molecule has 1 spiro atoms. The summed E-state index contributed by atoms with van der Waals surface area (Å²) in [5.41, 5.74) is 5.10. The van der Waals surface area contributed by atoms with Gasteiger partial charge in [0.2, 0.25) is 5.91 Å². The van der Waals surface area contributed by atoms with E-state index in [1.807, 2.05) is 30.5 Å². The zero-order valence-corrected chi connectivity index (χ0v) is 18.1. The van der Waals surface area contributed by atoms with E-state index in [2.05, 4.69) is 41.5 Å². The molecule has 3 aromatic rings. The third-order valence-corrected chi connectivity index (χ3v) is 7.51. The maximum atomic E-state index is 12.7. The van der Waals surface area contributed by atoms with Gasteiger partial charge < -0.3 is 5.32 Å². The van der Waals surface area contributed by atoms with E-state index < -0.39 is 0 Å². The van der Waals surface area contributed by atoms with Crippen LogP contribution in [0.1, 0.15) is 55.6 Å². The summed E-state index contributed by atoms with van der Waals surface area (Å²) in [7, 11) is 0. The molecular formula is C26H27ClN2O. The van der Waals surface area contributed by atoms with Crippen LogP contribution in [-0.2, 0) is 4.79 Å². The fraction of sp³-hybridized carbons (Fsp3) is 0.385. The Hall–Kier alpha value is -2.39. The number of hydrogen-bond donors (Lipinski definition) is 1. The van der Waals surface area contributed by atoms with Crippen LogP contribution in [0.4, 0.5) is 5.69 Å². The van der Waals surface area contributed by atoms with Crippen LogP contribution in [-0.4, -0.2) is 10.9 Å². The van der Waals surface area contributed by atoms with Crippen LogP contribution in [0.15, 0.2) is 54.7 Å². The molecule has 2 saturated carbocycles. The van der Waals surface area contributed by atoms with Gasteiger partial charge in [-0.05, 0) is 105 Å². The van der Waals surface area contributed by atoms with Crippen LogP contribution in [0.25, 0.3) is 10.9 Å². The van der Waals surface area contributed by atoms with Crippen LogP contribution < -0.4 is 5.32 Å². The van der Waals surface area contributed by atoms with Crippen molar-refractivity contribution in [2.45, 2.75) is 51.4 Å². The molecule has 0 radical (unpaired) electrons. The molecule has 1 heterocycles. The minimum absolute atomic E-state index is 0.120. The molecule has 0 bridgehead atoms. The summed E-state index contributed by atoms with van der Waals surface area (Å²) in [5.74, 6) is 0.894. The monoisotopic (exact) mass is 418 g/mol. The lowest BCUT2D eigenvalue weighted by atomic mass is 9.53. The van der Waals surface area contributed by atoms with Gasteiger partial charge in [0.15, 0.2) is 0 Å². The Morgan fingerprint density at radius 2 is 1.80 bits per heavy atom. The van der Waals surface area contributed by atoms with E-state index in [1.165, 1.54) is 29.4 Å². The van der Waals surface area contributed by atoms with Gasteiger partial charge in [-0.15, -0.1) is 0 Å². The Morgan fingerprint density at radius 1 is 1.07 bits per heavy atom. The predicted molar refractivity (Wildman–Crippen MR) is 123 cm³/mol. The first-order chi connectivity index (χ1) is 14.5. The number of anilines is 1. The first kappa shape index (κ1) is 19.6. The van der Waals surface area contributed by atoms with Gasteiger partial charge in [-0.2, -0.15) is 0 Å². The van der Waals surface area contributed by atoms with Crippen LogP contribution in [0.2, 0.25) is 5.02 Å². The normalized spacial score (nSPS) is 25.8. The van der Waals surface area contributed by atoms with Crippen molar-refractivity contribution in [3.8, 4) is 0 Å². The Bertz CT molecular complexity index is 1080. The molecule has 1 aromatic heterocycles. The van der Waals surface area contributed by atoms with Crippen molar-refractivity contribution in [1.82, 2.24) is 4.98 Å². The number of pyridine rings is 1. The number of nitrogens with one attached hydrogen (secondary N) is 1. The standard InChI is InChI=1S/C26H27ClN2O/c1-17-2-7-24-23(14-17)22(10-13-28-24)19-15-26(16-19)11-8-18(9-12-26)25(30)29-21-5-3-20(27)4-6-21/h2-7,10,13-14,18-19H,8-9,11-12,15-16H2,1H3,(H,29,30). The number of hydrogen-bond acceptors (Lipinski definition) is 2. The van der Waals surface area contributed by atoms with Crippen LogP contribution in [0.5, 0.6) is 0 Å². The number of benzene rings is 2. The van der Waals surface area contributed by atoms with Gasteiger partial charge in [0.1, 0.15) is 0 Å². The Kier molecular flexibility index (Phi) is 5.02. The van der Waals surface area contributed by atoms with Crippen molar-refractivity contribution in [1.29, 1.82) is 0 Å². The molecule has 0 atom stereocenters. The molecule has 2 aromatic carbocycles. The highest BCUT2D eigenvalue weighted by atomic mass is 35.5. The summed E-state index contributed by atoms with van der Waals surface area (Å²) in [5, 5.41) is 5.06. The van der Waals surface area contributed by atoms with Crippen molar-refractivity contribution in [2.75, 3.05) is 5.32 Å². The molecule has 2 fully saturated rings. The van der Waals surface area contributed by atoms with Gasteiger partial charge in [0, 0.05) is 28.2 Å². The second kappa shape index (κ2) is 7.70. The molecule has 0 unspecified atom stereocenters.